The van der Waals surface area contributed by atoms with E-state index in [1.165, 1.54) is 0 Å². The third-order valence-electron chi connectivity index (χ3n) is 0.671. The third-order valence-corrected chi connectivity index (χ3v) is 0.671. The summed E-state index contributed by atoms with van der Waals surface area (Å²) < 4.78 is 0. The third kappa shape index (κ3) is 361. The van der Waals surface area contributed by atoms with Crippen LogP contribution in [0.3, 0.4) is 0 Å². The van der Waals surface area contributed by atoms with Crippen molar-refractivity contribution in [2.45, 2.75) is 40.0 Å². The second-order valence-electron chi connectivity index (χ2n) is 2.17. The predicted octanol–water partition coefficient (Wildman–Crippen LogP) is 0.567. The van der Waals surface area contributed by atoms with Gasteiger partial charge in [0.2, 0.25) is 0 Å². The second-order valence-corrected chi connectivity index (χ2v) is 2.17. The molecule has 0 aliphatic carbocycles. The Hall–Kier alpha value is 0.849. The zero-order valence-electron chi connectivity index (χ0n) is 11.5. The van der Waals surface area contributed by atoms with Crippen LogP contribution in [-0.2, 0) is 64.5 Å². The van der Waals surface area contributed by atoms with Gasteiger partial charge in [0.05, 0.1) is 0 Å². The summed E-state index contributed by atoms with van der Waals surface area (Å²) in [5.74, 6) is 0. The predicted molar refractivity (Wildman–Crippen MR) is 55.6 cm³/mol. The molecule has 0 aromatic rings. The molecule has 0 saturated heterocycles. The fourth-order valence-electron chi connectivity index (χ4n) is 0. The van der Waals surface area contributed by atoms with Crippen LogP contribution in [-0.4, -0.2) is 35.1 Å². The van der Waals surface area contributed by atoms with Crippen molar-refractivity contribution in [3.8, 4) is 0 Å². The fourth-order valence-corrected chi connectivity index (χ4v) is 0. The van der Waals surface area contributed by atoms with Crippen molar-refractivity contribution in [1.82, 2.24) is 0 Å². The maximum absolute atomic E-state index is 7.88. The van der Waals surface area contributed by atoms with E-state index in [2.05, 4.69) is 0 Å². The van der Waals surface area contributed by atoms with Gasteiger partial charge >= 0.3 is 0 Å². The van der Waals surface area contributed by atoms with Gasteiger partial charge in [-0.15, -0.1) is 0 Å². The minimum atomic E-state index is 0. The molecule has 19 heavy (non-hydrogen) atoms. The molecule has 0 heterocycles. The summed E-state index contributed by atoms with van der Waals surface area (Å²) >= 11 is 0. The first-order valence-electron chi connectivity index (χ1n) is 4.57. The topological polar surface area (TPSA) is 203 Å². The molecule has 0 aromatic heterocycles. The summed E-state index contributed by atoms with van der Waals surface area (Å²) in [5.41, 5.74) is 0. The van der Waals surface area contributed by atoms with Gasteiger partial charge in [-0.25, -0.2) is 0 Å². The van der Waals surface area contributed by atoms with Crippen molar-refractivity contribution in [3.63, 3.8) is 0 Å². The van der Waals surface area contributed by atoms with E-state index in [9.17, 15) is 0 Å². The monoisotopic (exact) mass is 362 g/mol. The molecule has 8 nitrogen and oxygen atoms in total. The maximum atomic E-state index is 7.88. The Labute approximate surface area is 139 Å². The Bertz CT molecular complexity index is 41.7. The van der Waals surface area contributed by atoms with Gasteiger partial charge in [-0.1, -0.05) is 20.8 Å². The van der Waals surface area contributed by atoms with Crippen LogP contribution in [0.15, 0.2) is 0 Å². The molecule has 0 atom stereocenters. The maximum Gasteiger partial charge on any atom is 0.0428 e. The summed E-state index contributed by atoms with van der Waals surface area (Å²) in [6.45, 7) is 6.75. The smallest absolute Gasteiger partial charge is 0.0428 e. The summed E-state index contributed by atoms with van der Waals surface area (Å²) in [7, 11) is 0. The fraction of sp³-hybridized carbons (Fsp3) is 1.00. The Balaban J connectivity index is -0.00000000675. The molecule has 0 unspecified atom stereocenters. The average Bonchev–Trinajstić information content (AvgIpc) is 2.18. The first-order chi connectivity index (χ1) is 5.74. The number of rotatable bonds is 3. The quantitative estimate of drug-likeness (QED) is 0.659. The van der Waals surface area contributed by atoms with E-state index in [0.717, 1.165) is 19.3 Å². The molecule has 0 saturated carbocycles. The zero-order chi connectivity index (χ0) is 10.2. The number of aliphatic hydroxyl groups excluding tert-OH is 3. The molecule has 0 aromatic carbocycles. The van der Waals surface area contributed by atoms with Crippen LogP contribution in [0.2, 0.25) is 0 Å². The zero-order valence-corrected chi connectivity index (χ0v) is 14.3. The molecule has 128 valence electrons. The molecule has 0 spiro atoms. The Kier molecular flexibility index (Phi) is 490. The summed E-state index contributed by atoms with van der Waals surface area (Å²) in [6.07, 6.45) is 2.62. The van der Waals surface area contributed by atoms with Crippen molar-refractivity contribution in [1.29, 1.82) is 0 Å². The standard InChI is InChI=1S/3C3H8O.5O.2V/c3*1-2-3-4;;;;;;;/h3*4H,2-3H2,1H3;;;;;;;/q;;;5*-2;;. The van der Waals surface area contributed by atoms with E-state index in [0.29, 0.717) is 19.8 Å². The molecule has 0 aliphatic heterocycles. The Morgan fingerprint density at radius 1 is 0.474 bits per heavy atom. The number of hydrogen-bond donors (Lipinski definition) is 3. The van der Waals surface area contributed by atoms with E-state index in [4.69, 9.17) is 15.3 Å². The van der Waals surface area contributed by atoms with Gasteiger partial charge in [0.1, 0.15) is 0 Å². The first-order valence-corrected chi connectivity index (χ1v) is 4.57. The molecule has 3 N–H and O–H groups in total. The number of hydrogen-bond acceptors (Lipinski definition) is 3. The molecule has 0 aliphatic rings. The summed E-state index contributed by atoms with van der Waals surface area (Å²) in [6, 6.07) is 0. The first kappa shape index (κ1) is 72.7. The van der Waals surface area contributed by atoms with Crippen molar-refractivity contribution >= 4 is 0 Å². The summed E-state index contributed by atoms with van der Waals surface area (Å²) in [4.78, 5) is 0. The summed E-state index contributed by atoms with van der Waals surface area (Å²) in [5, 5.41) is 23.6. The Morgan fingerprint density at radius 2 is 0.526 bits per heavy atom. The molecular formula is C9H24O8V2-10. The number of aliphatic hydroxyl groups is 3. The minimum Gasteiger partial charge on any atom is -2.00 e. The second kappa shape index (κ2) is 128. The molecular weight excluding hydrogens is 338 g/mol. The van der Waals surface area contributed by atoms with Crippen molar-refractivity contribution in [3.05, 3.63) is 0 Å². The van der Waals surface area contributed by atoms with Crippen LogP contribution >= 0.6 is 0 Å². The SMILES string of the molecule is CCCO.CCCO.CCCO.[O-2].[O-2].[O-2].[O-2].[O-2].[V].[V]. The van der Waals surface area contributed by atoms with Crippen molar-refractivity contribution in [2.24, 2.45) is 0 Å². The van der Waals surface area contributed by atoms with Crippen LogP contribution in [0.4, 0.5) is 0 Å². The molecule has 0 amide bonds. The van der Waals surface area contributed by atoms with Gasteiger partial charge < -0.3 is 42.7 Å². The van der Waals surface area contributed by atoms with E-state index in [1.54, 1.807) is 0 Å². The van der Waals surface area contributed by atoms with Gasteiger partial charge in [-0.3, -0.25) is 0 Å². The minimum absolute atomic E-state index is 0. The van der Waals surface area contributed by atoms with E-state index < -0.39 is 0 Å². The van der Waals surface area contributed by atoms with Crippen molar-refractivity contribution < 1.29 is 79.8 Å². The molecule has 0 bridgehead atoms. The molecule has 2 radical (unpaired) electrons. The van der Waals surface area contributed by atoms with Gasteiger partial charge in [0.25, 0.3) is 0 Å². The molecule has 10 heteroatoms. The molecule has 0 rings (SSSR count). The van der Waals surface area contributed by atoms with Gasteiger partial charge in [-0.05, 0) is 19.3 Å². The van der Waals surface area contributed by atoms with Crippen LogP contribution in [0.1, 0.15) is 40.0 Å². The van der Waals surface area contributed by atoms with Gasteiger partial charge in [-0.2, -0.15) is 0 Å². The van der Waals surface area contributed by atoms with Crippen LogP contribution in [0, 0.1) is 0 Å². The largest absolute Gasteiger partial charge is 2.00 e. The van der Waals surface area contributed by atoms with Crippen LogP contribution < -0.4 is 0 Å². The Morgan fingerprint density at radius 3 is 0.526 bits per heavy atom. The van der Waals surface area contributed by atoms with Gasteiger partial charge in [0.15, 0.2) is 0 Å². The van der Waals surface area contributed by atoms with Crippen LogP contribution in [0.5, 0.6) is 0 Å². The van der Waals surface area contributed by atoms with Gasteiger partial charge in [0, 0.05) is 56.9 Å². The normalized spacial score (nSPS) is 4.74. The molecule has 0 fully saturated rings. The van der Waals surface area contributed by atoms with E-state index >= 15 is 0 Å². The average molecular weight is 362 g/mol. The van der Waals surface area contributed by atoms with E-state index in [-0.39, 0.29) is 64.5 Å². The van der Waals surface area contributed by atoms with Crippen LogP contribution in [0.25, 0.3) is 0 Å². The van der Waals surface area contributed by atoms with E-state index in [1.807, 2.05) is 20.8 Å². The van der Waals surface area contributed by atoms with Crippen molar-refractivity contribution in [2.75, 3.05) is 19.8 Å².